The molecule has 0 saturated carbocycles. The molecule has 2 heteroatoms. The van der Waals surface area contributed by atoms with Gasteiger partial charge in [0.05, 0.1) is 0 Å². The summed E-state index contributed by atoms with van der Waals surface area (Å²) in [7, 11) is -1.44. The van der Waals surface area contributed by atoms with E-state index in [9.17, 15) is 0 Å². The molecule has 0 fully saturated rings. The molecule has 2 aliphatic carbocycles. The van der Waals surface area contributed by atoms with Gasteiger partial charge in [-0.25, -0.2) is 0 Å². The largest absolute Gasteiger partial charge is 0.0622 e. The fourth-order valence-corrected chi connectivity index (χ4v) is 14.3. The third-order valence-corrected chi connectivity index (χ3v) is 16.9. The van der Waals surface area contributed by atoms with E-state index in [1.807, 2.05) is 0 Å². The molecule has 260 valence electrons. The maximum atomic E-state index is 2.56. The molecule has 0 saturated heterocycles. The number of benzene rings is 8. The Labute approximate surface area is 322 Å². The summed E-state index contributed by atoms with van der Waals surface area (Å²) in [5.41, 5.74) is 11.0. The molecular weight excluding hydrogens is 687 g/mol. The van der Waals surface area contributed by atoms with E-state index in [0.717, 1.165) is 0 Å². The molecule has 0 spiro atoms. The van der Waals surface area contributed by atoms with Crippen LogP contribution in [0.4, 0.5) is 0 Å². The fraction of sp³-hybridized carbons (Fsp3) is 0.115. The molecule has 0 atom stereocenters. The van der Waals surface area contributed by atoms with Crippen molar-refractivity contribution in [2.75, 3.05) is 0 Å². The van der Waals surface area contributed by atoms with Gasteiger partial charge in [-0.15, -0.1) is 0 Å². The average molecular weight is 729 g/mol. The van der Waals surface area contributed by atoms with Gasteiger partial charge in [0.2, 0.25) is 0 Å². The molecular formula is C52H42P2. The predicted molar refractivity (Wildman–Crippen MR) is 236 cm³/mol. The van der Waals surface area contributed by atoms with Gasteiger partial charge in [0.1, 0.15) is 0 Å². The van der Waals surface area contributed by atoms with Gasteiger partial charge in [0.15, 0.2) is 0 Å². The molecule has 2 aliphatic rings. The Kier molecular flexibility index (Phi) is 7.89. The molecule has 10 rings (SSSR count). The lowest BCUT2D eigenvalue weighted by molar-refractivity contribution is 0.591. The molecule has 0 unspecified atom stereocenters. The summed E-state index contributed by atoms with van der Waals surface area (Å²) in [5, 5.41) is 11.2. The van der Waals surface area contributed by atoms with E-state index in [2.05, 4.69) is 210 Å². The highest BCUT2D eigenvalue weighted by molar-refractivity contribution is 7.80. The predicted octanol–water partition coefficient (Wildman–Crippen LogP) is 11.0. The van der Waals surface area contributed by atoms with E-state index in [-0.39, 0.29) is 10.8 Å². The van der Waals surface area contributed by atoms with Crippen molar-refractivity contribution in [2.45, 2.75) is 38.5 Å². The second kappa shape index (κ2) is 12.7. The van der Waals surface area contributed by atoms with Crippen LogP contribution in [0.15, 0.2) is 182 Å². The molecule has 0 aromatic heterocycles. The molecule has 0 nitrogen and oxygen atoms in total. The summed E-state index contributed by atoms with van der Waals surface area (Å²) in [6.45, 7) is 9.89. The first-order valence-corrected chi connectivity index (χ1v) is 21.7. The van der Waals surface area contributed by atoms with Crippen molar-refractivity contribution < 1.29 is 0 Å². The zero-order valence-corrected chi connectivity index (χ0v) is 33.0. The highest BCUT2D eigenvalue weighted by Crippen LogP contribution is 2.58. The second-order valence-corrected chi connectivity index (χ2v) is 20.2. The summed E-state index contributed by atoms with van der Waals surface area (Å²) < 4.78 is 0. The van der Waals surface area contributed by atoms with Gasteiger partial charge in [-0.2, -0.15) is 0 Å². The minimum absolute atomic E-state index is 0.169. The number of hydrogen-bond acceptors (Lipinski definition) is 0. The first kappa shape index (κ1) is 33.4. The molecule has 8 aromatic rings. The van der Waals surface area contributed by atoms with Gasteiger partial charge in [0, 0.05) is 10.8 Å². The lowest BCUT2D eigenvalue weighted by Crippen LogP contribution is -2.30. The van der Waals surface area contributed by atoms with Crippen LogP contribution < -0.4 is 31.8 Å². The van der Waals surface area contributed by atoms with Crippen molar-refractivity contribution >= 4 is 58.4 Å². The Morgan fingerprint density at radius 1 is 0.333 bits per heavy atom. The van der Waals surface area contributed by atoms with E-state index < -0.39 is 15.8 Å². The monoisotopic (exact) mass is 728 g/mol. The van der Waals surface area contributed by atoms with E-state index >= 15 is 0 Å². The Morgan fingerprint density at radius 3 is 1.31 bits per heavy atom. The van der Waals surface area contributed by atoms with E-state index in [4.69, 9.17) is 0 Å². The van der Waals surface area contributed by atoms with Crippen molar-refractivity contribution in [3.05, 3.63) is 204 Å². The molecule has 8 aromatic carbocycles. The Hall–Kier alpha value is -5.12. The zero-order valence-electron chi connectivity index (χ0n) is 31.2. The average Bonchev–Trinajstić information content (AvgIpc) is 3.44. The first-order chi connectivity index (χ1) is 26.3. The van der Waals surface area contributed by atoms with Crippen molar-refractivity contribution in [1.82, 2.24) is 0 Å². The maximum Gasteiger partial charge on any atom is 0.0162 e. The van der Waals surface area contributed by atoms with Gasteiger partial charge < -0.3 is 0 Å². The second-order valence-electron chi connectivity index (χ2n) is 15.8. The van der Waals surface area contributed by atoms with Crippen LogP contribution in [0.3, 0.4) is 0 Å². The molecule has 0 aliphatic heterocycles. The third kappa shape index (κ3) is 5.04. The fourth-order valence-electron chi connectivity index (χ4n) is 9.56. The van der Waals surface area contributed by atoms with E-state index in [1.165, 1.54) is 87.1 Å². The van der Waals surface area contributed by atoms with Crippen LogP contribution in [0.25, 0.3) is 33.0 Å². The minimum Gasteiger partial charge on any atom is -0.0622 e. The number of hydrogen-bond donors (Lipinski definition) is 0. The number of fused-ring (bicyclic) bond motifs is 6. The van der Waals surface area contributed by atoms with Crippen molar-refractivity contribution in [2.24, 2.45) is 0 Å². The third-order valence-electron chi connectivity index (χ3n) is 12.0. The Bertz CT molecular complexity index is 2620. The first-order valence-electron chi connectivity index (χ1n) is 19.0. The van der Waals surface area contributed by atoms with Crippen molar-refractivity contribution in [3.63, 3.8) is 0 Å². The normalized spacial score (nSPS) is 14.6. The summed E-state index contributed by atoms with van der Waals surface area (Å²) in [5.74, 6) is 0. The van der Waals surface area contributed by atoms with Crippen LogP contribution in [0.5, 0.6) is 0 Å². The minimum atomic E-state index is -0.742. The lowest BCUT2D eigenvalue weighted by Gasteiger charge is -2.40. The summed E-state index contributed by atoms with van der Waals surface area (Å²) >= 11 is 0. The van der Waals surface area contributed by atoms with E-state index in [1.54, 1.807) is 0 Å². The standard InChI is InChI=1S/C52H42P2/c1-51(2)45-27-17-26-44-47(54(37-22-13-7-14-23-37)38-24-15-8-16-25-38)33-32-41(48(44)45)43-31-30-42-40-29-28-39(34-46(40)52(3,4)49(42)50(43)51)53(35-18-9-5-10-19-35)36-20-11-6-12-21-36/h5-34H,1-4H3. The Morgan fingerprint density at radius 2 is 0.778 bits per heavy atom. The van der Waals surface area contributed by atoms with Gasteiger partial charge in [-0.1, -0.05) is 204 Å². The smallest absolute Gasteiger partial charge is 0.0162 e. The van der Waals surface area contributed by atoms with Crippen LogP contribution in [0.2, 0.25) is 0 Å². The summed E-state index contributed by atoms with van der Waals surface area (Å²) in [4.78, 5) is 0. The van der Waals surface area contributed by atoms with Crippen LogP contribution in [0, 0.1) is 0 Å². The van der Waals surface area contributed by atoms with Gasteiger partial charge in [-0.05, 0) is 109 Å². The molecule has 0 heterocycles. The molecule has 0 amide bonds. The van der Waals surface area contributed by atoms with Gasteiger partial charge in [0.25, 0.3) is 0 Å². The van der Waals surface area contributed by atoms with Crippen molar-refractivity contribution in [3.8, 4) is 22.3 Å². The SMILES string of the molecule is CC1(C)c2cc(P(c3ccccc3)c3ccccc3)ccc2-c2ccc3c(c21)C(C)(C)c1cccc2c(P(c4ccccc4)c4ccccc4)ccc-3c12. The quantitative estimate of drug-likeness (QED) is 0.150. The highest BCUT2D eigenvalue weighted by Gasteiger charge is 2.45. The lowest BCUT2D eigenvalue weighted by atomic mass is 9.63. The van der Waals surface area contributed by atoms with Crippen LogP contribution in [0.1, 0.15) is 49.9 Å². The zero-order chi connectivity index (χ0) is 36.6. The van der Waals surface area contributed by atoms with Gasteiger partial charge in [-0.3, -0.25) is 0 Å². The summed E-state index contributed by atoms with van der Waals surface area (Å²) in [6.07, 6.45) is 0. The molecule has 54 heavy (non-hydrogen) atoms. The molecule has 0 bridgehead atoms. The van der Waals surface area contributed by atoms with Crippen LogP contribution in [-0.2, 0) is 10.8 Å². The maximum absolute atomic E-state index is 2.56. The topological polar surface area (TPSA) is 0 Å². The number of rotatable bonds is 6. The van der Waals surface area contributed by atoms with Crippen LogP contribution in [-0.4, -0.2) is 0 Å². The molecule has 0 radical (unpaired) electrons. The summed E-state index contributed by atoms with van der Waals surface area (Å²) in [6, 6.07) is 68.7. The highest BCUT2D eigenvalue weighted by atomic mass is 31.1. The van der Waals surface area contributed by atoms with E-state index in [0.29, 0.717) is 0 Å². The van der Waals surface area contributed by atoms with Gasteiger partial charge >= 0.3 is 0 Å². The van der Waals surface area contributed by atoms with Crippen LogP contribution >= 0.6 is 15.8 Å². The molecule has 0 N–H and O–H groups in total. The Balaban J connectivity index is 1.16. The van der Waals surface area contributed by atoms with Crippen molar-refractivity contribution in [1.29, 1.82) is 0 Å².